The zero-order valence-electron chi connectivity index (χ0n) is 9.38. The van der Waals surface area contributed by atoms with Crippen LogP contribution >= 0.6 is 35.3 Å². The van der Waals surface area contributed by atoms with Crippen molar-refractivity contribution in [2.75, 3.05) is 22.8 Å². The quantitative estimate of drug-likeness (QED) is 0.434. The lowest BCUT2D eigenvalue weighted by molar-refractivity contribution is -0.147. The van der Waals surface area contributed by atoms with Gasteiger partial charge in [-0.1, -0.05) is 0 Å². The number of hydrogen-bond donors (Lipinski definition) is 0. The second-order valence-electron chi connectivity index (χ2n) is 3.86. The fourth-order valence-electron chi connectivity index (χ4n) is 2.06. The van der Waals surface area contributed by atoms with E-state index in [0.717, 1.165) is 16.6 Å². The molecule has 2 saturated heterocycles. The van der Waals surface area contributed by atoms with Crippen LogP contribution in [0.4, 0.5) is 0 Å². The van der Waals surface area contributed by atoms with Crippen molar-refractivity contribution in [1.82, 2.24) is 0 Å². The smallest absolute Gasteiger partial charge is 0.303 e. The van der Waals surface area contributed by atoms with Gasteiger partial charge in [0.05, 0.1) is 11.4 Å². The van der Waals surface area contributed by atoms with Crippen LogP contribution in [-0.4, -0.2) is 52.4 Å². The van der Waals surface area contributed by atoms with Crippen molar-refractivity contribution in [1.29, 1.82) is 0 Å². The molecule has 2 heterocycles. The van der Waals surface area contributed by atoms with Crippen LogP contribution in [0.15, 0.2) is 0 Å². The van der Waals surface area contributed by atoms with E-state index in [1.807, 2.05) is 35.3 Å². The van der Waals surface area contributed by atoms with Gasteiger partial charge in [-0.2, -0.15) is 11.8 Å². The Hall–Kier alpha value is 0.480. The van der Waals surface area contributed by atoms with E-state index in [1.54, 1.807) is 0 Å². The van der Waals surface area contributed by atoms with Crippen LogP contribution in [0.5, 0.6) is 0 Å². The van der Waals surface area contributed by atoms with Gasteiger partial charge in [0.2, 0.25) is 0 Å². The number of thioether (sulfide) groups is 3. The molecule has 0 spiro atoms. The van der Waals surface area contributed by atoms with Crippen molar-refractivity contribution < 1.29 is 14.3 Å². The van der Waals surface area contributed by atoms with Crippen molar-refractivity contribution >= 4 is 41.3 Å². The van der Waals surface area contributed by atoms with Crippen LogP contribution in [-0.2, 0) is 14.3 Å². The zero-order chi connectivity index (χ0) is 11.5. The molecule has 2 fully saturated rings. The van der Waals surface area contributed by atoms with E-state index in [0.29, 0.717) is 5.25 Å². The van der Waals surface area contributed by atoms with E-state index in [-0.39, 0.29) is 24.3 Å². The normalized spacial score (nSPS) is 36.6. The topological polar surface area (TPSA) is 35.5 Å². The summed E-state index contributed by atoms with van der Waals surface area (Å²) in [6.45, 7) is 1.47. The maximum atomic E-state index is 11.0. The summed E-state index contributed by atoms with van der Waals surface area (Å²) in [6.07, 6.45) is 2.47. The summed E-state index contributed by atoms with van der Waals surface area (Å²) in [6, 6.07) is 0. The van der Waals surface area contributed by atoms with Gasteiger partial charge in [-0.15, -0.1) is 23.5 Å². The van der Waals surface area contributed by atoms with Gasteiger partial charge in [0.25, 0.3) is 0 Å². The molecule has 16 heavy (non-hydrogen) atoms. The third-order valence-corrected chi connectivity index (χ3v) is 6.30. The molecule has 2 aliphatic rings. The molecular weight excluding hydrogens is 264 g/mol. The molecule has 3 nitrogen and oxygen atoms in total. The monoisotopic (exact) mass is 280 g/mol. The first-order valence-corrected chi connectivity index (χ1v) is 8.83. The van der Waals surface area contributed by atoms with E-state index < -0.39 is 0 Å². The van der Waals surface area contributed by atoms with E-state index in [1.165, 1.54) is 6.92 Å². The lowest BCUT2D eigenvalue weighted by Gasteiger charge is -2.20. The van der Waals surface area contributed by atoms with Crippen molar-refractivity contribution in [2.24, 2.45) is 0 Å². The highest BCUT2D eigenvalue weighted by Crippen LogP contribution is 2.43. The maximum Gasteiger partial charge on any atom is 0.303 e. The minimum atomic E-state index is -0.191. The summed E-state index contributed by atoms with van der Waals surface area (Å²) in [5.41, 5.74) is 0. The van der Waals surface area contributed by atoms with E-state index in [4.69, 9.17) is 9.47 Å². The summed E-state index contributed by atoms with van der Waals surface area (Å²) in [7, 11) is 0. The Bertz CT molecular complexity index is 262. The van der Waals surface area contributed by atoms with Crippen molar-refractivity contribution in [3.8, 4) is 0 Å². The molecule has 2 rings (SSSR count). The minimum Gasteiger partial charge on any atom is -0.458 e. The minimum absolute atomic E-state index is 0.0117. The lowest BCUT2D eigenvalue weighted by atomic mass is 10.1. The van der Waals surface area contributed by atoms with Gasteiger partial charge >= 0.3 is 5.97 Å². The van der Waals surface area contributed by atoms with Crippen LogP contribution in [0.25, 0.3) is 0 Å². The highest BCUT2D eigenvalue weighted by Gasteiger charge is 2.51. The Morgan fingerprint density at radius 1 is 1.62 bits per heavy atom. The molecule has 92 valence electrons. The average Bonchev–Trinajstić information content (AvgIpc) is 2.75. The molecule has 0 aliphatic carbocycles. The standard InChI is InChI=1S/C10H16O3S3/c1-6(11)12-9-7-4-16-10(9)8(13-7)3-15-5-14-2/h7-10H,3-5H2,1-2H3. The van der Waals surface area contributed by atoms with Gasteiger partial charge < -0.3 is 9.47 Å². The van der Waals surface area contributed by atoms with Gasteiger partial charge in [-0.3, -0.25) is 4.79 Å². The van der Waals surface area contributed by atoms with Crippen LogP contribution in [0.1, 0.15) is 6.92 Å². The summed E-state index contributed by atoms with van der Waals surface area (Å²) in [5, 5.41) is 1.45. The predicted octanol–water partition coefficient (Wildman–Crippen LogP) is 1.85. The predicted molar refractivity (Wildman–Crippen MR) is 71.3 cm³/mol. The largest absolute Gasteiger partial charge is 0.458 e. The number of carbonyl (C=O) groups is 1. The summed E-state index contributed by atoms with van der Waals surface area (Å²) in [4.78, 5) is 11.0. The van der Waals surface area contributed by atoms with Gasteiger partial charge in [-0.05, 0) is 6.26 Å². The summed E-state index contributed by atoms with van der Waals surface area (Å²) in [5.74, 6) is 1.78. The SMILES string of the molecule is CSCSCC1OC2CSC1C2OC(C)=O. The highest BCUT2D eigenvalue weighted by molar-refractivity contribution is 8.15. The third-order valence-electron chi connectivity index (χ3n) is 2.64. The molecule has 0 radical (unpaired) electrons. The fraction of sp³-hybridized carbons (Fsp3) is 0.900. The molecule has 0 N–H and O–H groups in total. The van der Waals surface area contributed by atoms with Crippen molar-refractivity contribution in [3.05, 3.63) is 0 Å². The molecule has 2 bridgehead atoms. The first kappa shape index (κ1) is 12.9. The van der Waals surface area contributed by atoms with E-state index in [9.17, 15) is 4.79 Å². The Kier molecular flexibility index (Phi) is 4.76. The molecule has 0 aromatic rings. The third kappa shape index (κ3) is 2.83. The Labute approximate surface area is 109 Å². The van der Waals surface area contributed by atoms with Gasteiger partial charge in [-0.25, -0.2) is 0 Å². The fourth-order valence-corrected chi connectivity index (χ4v) is 5.23. The van der Waals surface area contributed by atoms with Crippen LogP contribution in [0, 0.1) is 0 Å². The number of hydrogen-bond acceptors (Lipinski definition) is 6. The second-order valence-corrected chi connectivity index (χ2v) is 7.34. The summed E-state index contributed by atoms with van der Waals surface area (Å²) >= 11 is 5.61. The zero-order valence-corrected chi connectivity index (χ0v) is 11.8. The molecule has 0 amide bonds. The highest BCUT2D eigenvalue weighted by atomic mass is 32.2. The van der Waals surface area contributed by atoms with Crippen LogP contribution in [0.2, 0.25) is 0 Å². The van der Waals surface area contributed by atoms with Gasteiger partial charge in [0.1, 0.15) is 12.2 Å². The molecule has 0 aromatic carbocycles. The first-order chi connectivity index (χ1) is 7.72. The first-order valence-electron chi connectivity index (χ1n) is 5.23. The number of ether oxygens (including phenoxy) is 2. The molecule has 4 unspecified atom stereocenters. The molecule has 0 aromatic heterocycles. The van der Waals surface area contributed by atoms with Crippen LogP contribution < -0.4 is 0 Å². The molecular formula is C10H16O3S3. The second kappa shape index (κ2) is 5.89. The number of carbonyl (C=O) groups excluding carboxylic acids is 1. The average molecular weight is 280 g/mol. The number of rotatable bonds is 5. The van der Waals surface area contributed by atoms with Crippen molar-refractivity contribution in [2.45, 2.75) is 30.5 Å². The molecule has 6 heteroatoms. The number of esters is 1. The van der Waals surface area contributed by atoms with E-state index >= 15 is 0 Å². The Morgan fingerprint density at radius 2 is 2.44 bits per heavy atom. The number of fused-ring (bicyclic) bond motifs is 2. The Morgan fingerprint density at radius 3 is 3.12 bits per heavy atom. The summed E-state index contributed by atoms with van der Waals surface area (Å²) < 4.78 is 11.2. The van der Waals surface area contributed by atoms with Gasteiger partial charge in [0.15, 0.2) is 0 Å². The molecule has 2 aliphatic heterocycles. The maximum absolute atomic E-state index is 11.0. The Balaban J connectivity index is 1.84. The van der Waals surface area contributed by atoms with Crippen molar-refractivity contribution in [3.63, 3.8) is 0 Å². The molecule has 0 saturated carbocycles. The lowest BCUT2D eigenvalue weighted by Crippen LogP contribution is -2.30. The molecule has 4 atom stereocenters. The van der Waals surface area contributed by atoms with Gasteiger partial charge in [0, 0.05) is 23.5 Å². The van der Waals surface area contributed by atoms with E-state index in [2.05, 4.69) is 6.26 Å². The van der Waals surface area contributed by atoms with Crippen LogP contribution in [0.3, 0.4) is 0 Å².